The van der Waals surface area contributed by atoms with E-state index in [0.717, 1.165) is 0 Å². The highest BCUT2D eigenvalue weighted by atomic mass is 127. The summed E-state index contributed by atoms with van der Waals surface area (Å²) in [6.07, 6.45) is -2.55. The normalized spacial score (nSPS) is 10.2. The van der Waals surface area contributed by atoms with Gasteiger partial charge in [0.15, 0.2) is 0 Å². The first-order valence-electron chi connectivity index (χ1n) is 3.41. The minimum absolute atomic E-state index is 0.0715. The van der Waals surface area contributed by atoms with Crippen molar-refractivity contribution in [2.45, 2.75) is 13.3 Å². The van der Waals surface area contributed by atoms with E-state index in [0.29, 0.717) is 3.70 Å². The summed E-state index contributed by atoms with van der Waals surface area (Å²) in [5.74, 6) is 0. The molecule has 0 radical (unpaired) electrons. The van der Waals surface area contributed by atoms with Gasteiger partial charge in [-0.05, 0) is 41.1 Å². The molecule has 5 heteroatoms. The Kier molecular flexibility index (Phi) is 3.14. The summed E-state index contributed by atoms with van der Waals surface area (Å²) >= 11 is 1.81. The van der Waals surface area contributed by atoms with Crippen molar-refractivity contribution < 1.29 is 8.78 Å². The first kappa shape index (κ1) is 10.3. The van der Waals surface area contributed by atoms with E-state index in [1.54, 1.807) is 6.07 Å². The predicted molar refractivity (Wildman–Crippen MR) is 51.4 cm³/mol. The zero-order valence-corrected chi connectivity index (χ0v) is 8.84. The molecule has 0 fully saturated rings. The van der Waals surface area contributed by atoms with Crippen LogP contribution in [0.5, 0.6) is 0 Å². The number of pyridine rings is 1. The molecule has 0 N–H and O–H groups in total. The Labute approximate surface area is 87.7 Å². The monoisotopic (exact) mass is 294 g/mol. The van der Waals surface area contributed by atoms with Gasteiger partial charge in [0.05, 0.1) is 0 Å². The average molecular weight is 294 g/mol. The minimum atomic E-state index is -2.55. The highest BCUT2D eigenvalue weighted by Crippen LogP contribution is 2.25. The van der Waals surface area contributed by atoms with Gasteiger partial charge in [0, 0.05) is 5.56 Å². The lowest BCUT2D eigenvalue weighted by Gasteiger charge is -2.05. The smallest absolute Gasteiger partial charge is 0.231 e. The van der Waals surface area contributed by atoms with E-state index in [4.69, 9.17) is 5.26 Å². The number of alkyl halides is 2. The number of nitriles is 1. The maximum atomic E-state index is 12.4. The van der Waals surface area contributed by atoms with Crippen LogP contribution in [0.25, 0.3) is 0 Å². The van der Waals surface area contributed by atoms with Crippen LogP contribution in [0.2, 0.25) is 0 Å². The van der Waals surface area contributed by atoms with Gasteiger partial charge in [0.2, 0.25) is 0 Å². The molecule has 1 heterocycles. The summed E-state index contributed by atoms with van der Waals surface area (Å²) in [4.78, 5) is 3.83. The second kappa shape index (κ2) is 3.96. The molecular weight excluding hydrogens is 289 g/mol. The Morgan fingerprint density at radius 2 is 2.23 bits per heavy atom. The zero-order chi connectivity index (χ0) is 10.0. The summed E-state index contributed by atoms with van der Waals surface area (Å²) in [5.41, 5.74) is 0.219. The number of aromatic nitrogens is 1. The summed E-state index contributed by atoms with van der Waals surface area (Å²) < 4.78 is 25.2. The van der Waals surface area contributed by atoms with Crippen molar-refractivity contribution in [3.63, 3.8) is 0 Å². The quantitative estimate of drug-likeness (QED) is 0.590. The molecule has 0 amide bonds. The Morgan fingerprint density at radius 1 is 1.62 bits per heavy atom. The Balaban J connectivity index is 3.38. The van der Waals surface area contributed by atoms with Crippen LogP contribution in [0.15, 0.2) is 6.07 Å². The van der Waals surface area contributed by atoms with E-state index < -0.39 is 6.43 Å². The van der Waals surface area contributed by atoms with Gasteiger partial charge in [-0.25, -0.2) is 13.8 Å². The van der Waals surface area contributed by atoms with Crippen molar-refractivity contribution in [2.24, 2.45) is 0 Å². The van der Waals surface area contributed by atoms with Gasteiger partial charge < -0.3 is 0 Å². The second-order valence-electron chi connectivity index (χ2n) is 2.42. The predicted octanol–water partition coefficient (Wildman–Crippen LogP) is 2.80. The molecule has 1 rings (SSSR count). The minimum Gasteiger partial charge on any atom is -0.231 e. The van der Waals surface area contributed by atoms with Crippen LogP contribution in [-0.2, 0) is 0 Å². The van der Waals surface area contributed by atoms with Crippen molar-refractivity contribution in [1.29, 1.82) is 5.26 Å². The molecule has 13 heavy (non-hydrogen) atoms. The molecular formula is C8H5F2IN2. The van der Waals surface area contributed by atoms with Crippen LogP contribution in [0.1, 0.15) is 23.2 Å². The van der Waals surface area contributed by atoms with Crippen LogP contribution in [-0.4, -0.2) is 4.98 Å². The third kappa shape index (κ3) is 2.12. The summed E-state index contributed by atoms with van der Waals surface area (Å²) in [7, 11) is 0. The van der Waals surface area contributed by atoms with Gasteiger partial charge >= 0.3 is 0 Å². The van der Waals surface area contributed by atoms with Gasteiger partial charge in [-0.3, -0.25) is 0 Å². The maximum Gasteiger partial charge on any atom is 0.264 e. The van der Waals surface area contributed by atoms with Crippen LogP contribution < -0.4 is 0 Å². The molecule has 0 aromatic carbocycles. The van der Waals surface area contributed by atoms with Crippen molar-refractivity contribution in [2.75, 3.05) is 0 Å². The molecule has 68 valence electrons. The Bertz CT molecular complexity index is 371. The van der Waals surface area contributed by atoms with E-state index >= 15 is 0 Å². The van der Waals surface area contributed by atoms with Crippen molar-refractivity contribution in [1.82, 2.24) is 4.98 Å². The number of nitrogens with zero attached hydrogens (tertiary/aromatic N) is 2. The number of halogens is 3. The second-order valence-corrected chi connectivity index (χ2v) is 3.53. The topological polar surface area (TPSA) is 36.7 Å². The van der Waals surface area contributed by atoms with Crippen LogP contribution in [0.4, 0.5) is 8.78 Å². The van der Waals surface area contributed by atoms with E-state index in [2.05, 4.69) is 4.98 Å². The molecule has 0 atom stereocenters. The lowest BCUT2D eigenvalue weighted by Crippen LogP contribution is -1.98. The van der Waals surface area contributed by atoms with Crippen molar-refractivity contribution in [3.05, 3.63) is 26.6 Å². The third-order valence-electron chi connectivity index (χ3n) is 1.62. The zero-order valence-electron chi connectivity index (χ0n) is 6.68. The molecule has 0 bridgehead atoms. The van der Waals surface area contributed by atoms with Crippen molar-refractivity contribution in [3.8, 4) is 6.07 Å². The third-order valence-corrected chi connectivity index (χ3v) is 2.18. The standard InChI is InChI=1S/C8H5F2IN2/c1-4-5(8(9)10)2-7(11)13-6(4)3-12/h2,8H,1H3. The van der Waals surface area contributed by atoms with Gasteiger partial charge in [-0.15, -0.1) is 0 Å². The fourth-order valence-electron chi connectivity index (χ4n) is 0.932. The van der Waals surface area contributed by atoms with Crippen LogP contribution >= 0.6 is 22.6 Å². The van der Waals surface area contributed by atoms with Gasteiger partial charge in [0.25, 0.3) is 6.43 Å². The summed E-state index contributed by atoms with van der Waals surface area (Å²) in [5, 5.41) is 8.59. The van der Waals surface area contributed by atoms with Gasteiger partial charge in [0.1, 0.15) is 15.5 Å². The highest BCUT2D eigenvalue weighted by molar-refractivity contribution is 14.1. The molecule has 1 aromatic heterocycles. The lowest BCUT2D eigenvalue weighted by molar-refractivity contribution is 0.150. The Hall–Kier alpha value is -0.770. The highest BCUT2D eigenvalue weighted by Gasteiger charge is 2.15. The molecule has 0 aliphatic carbocycles. The van der Waals surface area contributed by atoms with E-state index in [1.807, 2.05) is 22.6 Å². The first-order valence-corrected chi connectivity index (χ1v) is 4.49. The molecule has 0 aliphatic heterocycles. The molecule has 0 spiro atoms. The number of hydrogen-bond donors (Lipinski definition) is 0. The van der Waals surface area contributed by atoms with Crippen molar-refractivity contribution >= 4 is 22.6 Å². The van der Waals surface area contributed by atoms with E-state index in [9.17, 15) is 8.78 Å². The lowest BCUT2D eigenvalue weighted by atomic mass is 10.1. The average Bonchev–Trinajstić information content (AvgIpc) is 2.08. The van der Waals surface area contributed by atoms with Gasteiger partial charge in [-0.2, -0.15) is 5.26 Å². The summed E-state index contributed by atoms with van der Waals surface area (Å²) in [6, 6.07) is 3.08. The largest absolute Gasteiger partial charge is 0.264 e. The molecule has 0 aliphatic rings. The number of hydrogen-bond acceptors (Lipinski definition) is 2. The Morgan fingerprint density at radius 3 is 2.69 bits per heavy atom. The summed E-state index contributed by atoms with van der Waals surface area (Å²) in [6.45, 7) is 1.48. The first-order chi connectivity index (χ1) is 6.06. The van der Waals surface area contributed by atoms with E-state index in [-0.39, 0.29) is 16.8 Å². The molecule has 2 nitrogen and oxygen atoms in total. The molecule has 0 saturated carbocycles. The van der Waals surface area contributed by atoms with Crippen LogP contribution in [0.3, 0.4) is 0 Å². The fourth-order valence-corrected chi connectivity index (χ4v) is 1.51. The van der Waals surface area contributed by atoms with Crippen LogP contribution in [0, 0.1) is 22.0 Å². The molecule has 0 saturated heterocycles. The SMILES string of the molecule is Cc1c(C(F)F)cc(I)nc1C#N. The molecule has 0 unspecified atom stereocenters. The number of rotatable bonds is 1. The fraction of sp³-hybridized carbons (Fsp3) is 0.250. The molecule has 1 aromatic rings. The van der Waals surface area contributed by atoms with E-state index in [1.165, 1.54) is 13.0 Å². The van der Waals surface area contributed by atoms with Gasteiger partial charge in [-0.1, -0.05) is 0 Å². The maximum absolute atomic E-state index is 12.4.